The van der Waals surface area contributed by atoms with Crippen LogP contribution in [0.5, 0.6) is 0 Å². The highest BCUT2D eigenvalue weighted by Crippen LogP contribution is 2.11. The smallest absolute Gasteiger partial charge is 0.234 e. The van der Waals surface area contributed by atoms with Crippen molar-refractivity contribution < 1.29 is 4.79 Å². The third-order valence-electron chi connectivity index (χ3n) is 4.34. The fourth-order valence-corrected chi connectivity index (χ4v) is 2.86. The van der Waals surface area contributed by atoms with Gasteiger partial charge in [-0.1, -0.05) is 6.92 Å². The predicted octanol–water partition coefficient (Wildman–Crippen LogP) is 0.302. The van der Waals surface area contributed by atoms with Gasteiger partial charge in [-0.3, -0.25) is 14.6 Å². The Morgan fingerprint density at radius 2 is 2.05 bits per heavy atom. The minimum Gasteiger partial charge on any atom is -0.353 e. The molecule has 2 N–H and O–H groups in total. The fraction of sp³-hybridized carbons (Fsp3) is 0.929. The molecule has 0 saturated carbocycles. The SMILES string of the molecule is CCC(C)NC(=O)CN1CCN(C2CCNC2)CC1.Cl. The van der Waals surface area contributed by atoms with E-state index in [1.165, 1.54) is 6.42 Å². The van der Waals surface area contributed by atoms with Crippen molar-refractivity contribution in [2.75, 3.05) is 45.8 Å². The molecule has 0 aromatic rings. The van der Waals surface area contributed by atoms with E-state index in [0.717, 1.165) is 51.7 Å². The largest absolute Gasteiger partial charge is 0.353 e. The van der Waals surface area contributed by atoms with Gasteiger partial charge in [0.05, 0.1) is 6.54 Å². The van der Waals surface area contributed by atoms with Crippen LogP contribution in [-0.2, 0) is 4.79 Å². The van der Waals surface area contributed by atoms with Crippen molar-refractivity contribution in [3.05, 3.63) is 0 Å². The molecule has 6 heteroatoms. The summed E-state index contributed by atoms with van der Waals surface area (Å²) in [5.74, 6) is 0.172. The molecular weight excluding hydrogens is 276 g/mol. The number of nitrogens with one attached hydrogen (secondary N) is 2. The number of hydrogen-bond acceptors (Lipinski definition) is 4. The van der Waals surface area contributed by atoms with Crippen molar-refractivity contribution in [1.29, 1.82) is 0 Å². The maximum absolute atomic E-state index is 11.8. The zero-order valence-corrected chi connectivity index (χ0v) is 13.5. The second-order valence-electron chi connectivity index (χ2n) is 5.84. The number of amides is 1. The Bertz CT molecular complexity index is 289. The first-order valence-electron chi connectivity index (χ1n) is 7.65. The first kappa shape index (κ1) is 17.7. The average Bonchev–Trinajstić information content (AvgIpc) is 2.93. The summed E-state index contributed by atoms with van der Waals surface area (Å²) in [6, 6.07) is 1.01. The quantitative estimate of drug-likeness (QED) is 0.767. The molecule has 2 atom stereocenters. The zero-order valence-electron chi connectivity index (χ0n) is 12.7. The van der Waals surface area contributed by atoms with Gasteiger partial charge in [-0.25, -0.2) is 0 Å². The Balaban J connectivity index is 0.00000200. The summed E-state index contributed by atoms with van der Waals surface area (Å²) in [4.78, 5) is 16.7. The summed E-state index contributed by atoms with van der Waals surface area (Å²) in [7, 11) is 0. The van der Waals surface area contributed by atoms with Crippen LogP contribution in [-0.4, -0.2) is 73.6 Å². The van der Waals surface area contributed by atoms with Crippen molar-refractivity contribution in [3.8, 4) is 0 Å². The van der Waals surface area contributed by atoms with Crippen LogP contribution in [0.4, 0.5) is 0 Å². The predicted molar refractivity (Wildman–Crippen MR) is 84.4 cm³/mol. The van der Waals surface area contributed by atoms with Crippen LogP contribution in [0, 0.1) is 0 Å². The molecule has 2 fully saturated rings. The number of halogens is 1. The molecule has 1 amide bonds. The summed E-state index contributed by atoms with van der Waals surface area (Å²) in [6.07, 6.45) is 2.27. The van der Waals surface area contributed by atoms with E-state index < -0.39 is 0 Å². The fourth-order valence-electron chi connectivity index (χ4n) is 2.86. The van der Waals surface area contributed by atoms with E-state index in [2.05, 4.69) is 34.3 Å². The second kappa shape index (κ2) is 8.82. The molecule has 118 valence electrons. The Labute approximate surface area is 128 Å². The van der Waals surface area contributed by atoms with Gasteiger partial charge < -0.3 is 10.6 Å². The number of hydrogen-bond donors (Lipinski definition) is 2. The molecule has 2 heterocycles. The van der Waals surface area contributed by atoms with Crippen molar-refractivity contribution in [1.82, 2.24) is 20.4 Å². The lowest BCUT2D eigenvalue weighted by Gasteiger charge is -2.37. The van der Waals surface area contributed by atoms with Crippen molar-refractivity contribution in [3.63, 3.8) is 0 Å². The third-order valence-corrected chi connectivity index (χ3v) is 4.34. The van der Waals surface area contributed by atoms with Crippen molar-refractivity contribution in [2.24, 2.45) is 0 Å². The Morgan fingerprint density at radius 1 is 1.35 bits per heavy atom. The van der Waals surface area contributed by atoms with E-state index in [1.54, 1.807) is 0 Å². The number of nitrogens with zero attached hydrogens (tertiary/aromatic N) is 2. The van der Waals surface area contributed by atoms with Gasteiger partial charge in [0.15, 0.2) is 0 Å². The molecule has 0 spiro atoms. The summed E-state index contributed by atoms with van der Waals surface area (Å²) >= 11 is 0. The van der Waals surface area contributed by atoms with E-state index in [9.17, 15) is 4.79 Å². The van der Waals surface area contributed by atoms with Crippen LogP contribution < -0.4 is 10.6 Å². The van der Waals surface area contributed by atoms with Crippen molar-refractivity contribution in [2.45, 2.75) is 38.8 Å². The highest BCUT2D eigenvalue weighted by atomic mass is 35.5. The number of carbonyl (C=O) groups is 1. The second-order valence-corrected chi connectivity index (χ2v) is 5.84. The first-order valence-corrected chi connectivity index (χ1v) is 7.65. The number of piperazine rings is 1. The van der Waals surface area contributed by atoms with Gasteiger partial charge in [-0.2, -0.15) is 0 Å². The minimum atomic E-state index is 0. The lowest BCUT2D eigenvalue weighted by atomic mass is 10.2. The lowest BCUT2D eigenvalue weighted by Crippen LogP contribution is -2.53. The van der Waals surface area contributed by atoms with E-state index in [1.807, 2.05) is 0 Å². The van der Waals surface area contributed by atoms with Gasteiger partial charge in [0.1, 0.15) is 0 Å². The average molecular weight is 305 g/mol. The lowest BCUT2D eigenvalue weighted by molar-refractivity contribution is -0.123. The van der Waals surface area contributed by atoms with E-state index in [-0.39, 0.29) is 18.3 Å². The molecule has 0 radical (unpaired) electrons. The summed E-state index contributed by atoms with van der Waals surface area (Å²) in [5, 5.41) is 6.46. The molecule has 0 aliphatic carbocycles. The molecule has 5 nitrogen and oxygen atoms in total. The standard InChI is InChI=1S/C14H28N4O.ClH/c1-3-12(2)16-14(19)11-17-6-8-18(9-7-17)13-4-5-15-10-13;/h12-13,15H,3-11H2,1-2H3,(H,16,19);1H. The van der Waals surface area contributed by atoms with E-state index in [4.69, 9.17) is 0 Å². The molecule has 20 heavy (non-hydrogen) atoms. The Kier molecular flexibility index (Phi) is 7.80. The van der Waals surface area contributed by atoms with Crippen LogP contribution >= 0.6 is 12.4 Å². The normalized spacial score (nSPS) is 26.0. The maximum atomic E-state index is 11.8. The van der Waals surface area contributed by atoms with Gasteiger partial charge in [-0.05, 0) is 26.3 Å². The van der Waals surface area contributed by atoms with Crippen LogP contribution in [0.1, 0.15) is 26.7 Å². The first-order chi connectivity index (χ1) is 9.19. The van der Waals surface area contributed by atoms with Crippen LogP contribution in [0.3, 0.4) is 0 Å². The van der Waals surface area contributed by atoms with Crippen LogP contribution in [0.15, 0.2) is 0 Å². The van der Waals surface area contributed by atoms with Gasteiger partial charge in [0, 0.05) is 44.8 Å². The highest BCUT2D eigenvalue weighted by molar-refractivity contribution is 5.85. The molecular formula is C14H29ClN4O. The summed E-state index contributed by atoms with van der Waals surface area (Å²) in [6.45, 7) is 11.2. The Morgan fingerprint density at radius 3 is 2.60 bits per heavy atom. The van der Waals surface area contributed by atoms with Gasteiger partial charge in [0.25, 0.3) is 0 Å². The van der Waals surface area contributed by atoms with Gasteiger partial charge in [0.2, 0.25) is 5.91 Å². The molecule has 2 aliphatic rings. The maximum Gasteiger partial charge on any atom is 0.234 e. The monoisotopic (exact) mass is 304 g/mol. The van der Waals surface area contributed by atoms with Crippen molar-refractivity contribution >= 4 is 18.3 Å². The summed E-state index contributed by atoms with van der Waals surface area (Å²) < 4.78 is 0. The summed E-state index contributed by atoms with van der Waals surface area (Å²) in [5.41, 5.74) is 0. The van der Waals surface area contributed by atoms with E-state index in [0.29, 0.717) is 12.6 Å². The van der Waals surface area contributed by atoms with Gasteiger partial charge in [-0.15, -0.1) is 12.4 Å². The highest BCUT2D eigenvalue weighted by Gasteiger charge is 2.26. The molecule has 0 aromatic heterocycles. The van der Waals surface area contributed by atoms with Gasteiger partial charge >= 0.3 is 0 Å². The van der Waals surface area contributed by atoms with Crippen LogP contribution in [0.2, 0.25) is 0 Å². The molecule has 0 bridgehead atoms. The Hall–Kier alpha value is -0.360. The number of rotatable bonds is 5. The molecule has 2 unspecified atom stereocenters. The topological polar surface area (TPSA) is 47.6 Å². The molecule has 2 saturated heterocycles. The number of carbonyl (C=O) groups excluding carboxylic acids is 1. The van der Waals surface area contributed by atoms with E-state index >= 15 is 0 Å². The zero-order chi connectivity index (χ0) is 13.7. The molecule has 0 aromatic carbocycles. The minimum absolute atomic E-state index is 0. The van der Waals surface area contributed by atoms with Crippen LogP contribution in [0.25, 0.3) is 0 Å². The molecule has 2 aliphatic heterocycles. The third kappa shape index (κ3) is 5.20. The molecule has 2 rings (SSSR count).